The molecule has 88 valence electrons. The Morgan fingerprint density at radius 2 is 1.73 bits per heavy atom. The lowest BCUT2D eigenvalue weighted by atomic mass is 10.2. The standard InChI is InChI=1S/C10H21NO2SSi/c1-12-15(3,13-2)9-7-5-4-6-8-14-10-11/h4-9H2,1-3H3. The van der Waals surface area contributed by atoms with Gasteiger partial charge in [0.2, 0.25) is 0 Å². The fourth-order valence-corrected chi connectivity index (χ4v) is 3.21. The Kier molecular flexibility index (Phi) is 9.21. The summed E-state index contributed by atoms with van der Waals surface area (Å²) in [7, 11) is 1.64. The van der Waals surface area contributed by atoms with E-state index in [-0.39, 0.29) is 0 Å². The minimum Gasteiger partial charge on any atom is -0.398 e. The number of unbranched alkanes of at least 4 members (excludes halogenated alkanes) is 3. The van der Waals surface area contributed by atoms with E-state index in [9.17, 15) is 0 Å². The summed E-state index contributed by atoms with van der Waals surface area (Å²) >= 11 is 1.35. The quantitative estimate of drug-likeness (QED) is 0.357. The largest absolute Gasteiger partial charge is 0.398 e. The summed E-state index contributed by atoms with van der Waals surface area (Å²) in [5.74, 6) is 0.958. The van der Waals surface area contributed by atoms with Gasteiger partial charge in [-0.05, 0) is 30.8 Å². The third-order valence-corrected chi connectivity index (χ3v) is 6.17. The maximum atomic E-state index is 8.32. The lowest BCUT2D eigenvalue weighted by molar-refractivity contribution is 0.248. The van der Waals surface area contributed by atoms with E-state index in [1.165, 1.54) is 31.0 Å². The first kappa shape index (κ1) is 15.0. The van der Waals surface area contributed by atoms with Gasteiger partial charge in [-0.2, -0.15) is 5.26 Å². The van der Waals surface area contributed by atoms with E-state index in [1.807, 2.05) is 0 Å². The fraction of sp³-hybridized carbons (Fsp3) is 0.900. The second kappa shape index (κ2) is 9.22. The molecule has 0 atom stereocenters. The van der Waals surface area contributed by atoms with Crippen LogP contribution in [0.4, 0.5) is 0 Å². The first-order valence-corrected chi connectivity index (χ1v) is 8.80. The summed E-state index contributed by atoms with van der Waals surface area (Å²) in [6.45, 7) is 2.10. The van der Waals surface area contributed by atoms with Crippen molar-refractivity contribution in [1.29, 1.82) is 5.26 Å². The van der Waals surface area contributed by atoms with Gasteiger partial charge in [0.15, 0.2) is 0 Å². The molecule has 0 rings (SSSR count). The molecule has 5 heteroatoms. The van der Waals surface area contributed by atoms with Crippen LogP contribution in [0, 0.1) is 10.7 Å². The molecule has 0 aliphatic heterocycles. The van der Waals surface area contributed by atoms with E-state index in [2.05, 4.69) is 11.9 Å². The van der Waals surface area contributed by atoms with Gasteiger partial charge in [0.1, 0.15) is 5.40 Å². The van der Waals surface area contributed by atoms with Crippen LogP contribution in [0.25, 0.3) is 0 Å². The van der Waals surface area contributed by atoms with Gasteiger partial charge in [0.25, 0.3) is 0 Å². The maximum absolute atomic E-state index is 8.32. The van der Waals surface area contributed by atoms with Gasteiger partial charge >= 0.3 is 8.56 Å². The van der Waals surface area contributed by atoms with Crippen molar-refractivity contribution in [3.63, 3.8) is 0 Å². The molecular formula is C10H21NO2SSi. The molecule has 0 saturated carbocycles. The summed E-state index contributed by atoms with van der Waals surface area (Å²) in [5.41, 5.74) is 0. The Bertz CT molecular complexity index is 192. The van der Waals surface area contributed by atoms with E-state index < -0.39 is 8.56 Å². The lowest BCUT2D eigenvalue weighted by Crippen LogP contribution is -2.35. The molecule has 0 aromatic carbocycles. The summed E-state index contributed by atoms with van der Waals surface area (Å²) in [4.78, 5) is 0. The summed E-state index contributed by atoms with van der Waals surface area (Å²) in [6, 6.07) is 1.06. The highest BCUT2D eigenvalue weighted by Gasteiger charge is 2.27. The zero-order chi connectivity index (χ0) is 11.6. The zero-order valence-corrected chi connectivity index (χ0v) is 11.7. The topological polar surface area (TPSA) is 42.2 Å². The predicted octanol–water partition coefficient (Wildman–Crippen LogP) is 3.13. The highest BCUT2D eigenvalue weighted by Crippen LogP contribution is 2.17. The van der Waals surface area contributed by atoms with Gasteiger partial charge in [-0.25, -0.2) is 0 Å². The van der Waals surface area contributed by atoms with Crippen molar-refractivity contribution in [2.45, 2.75) is 38.3 Å². The van der Waals surface area contributed by atoms with Crippen molar-refractivity contribution in [3.8, 4) is 5.40 Å². The molecule has 3 nitrogen and oxygen atoms in total. The molecule has 0 unspecified atom stereocenters. The highest BCUT2D eigenvalue weighted by molar-refractivity contribution is 8.03. The van der Waals surface area contributed by atoms with Crippen LogP contribution in [0.15, 0.2) is 0 Å². The number of rotatable bonds is 9. The van der Waals surface area contributed by atoms with Crippen LogP contribution in [0.2, 0.25) is 12.6 Å². The van der Waals surface area contributed by atoms with Crippen LogP contribution >= 0.6 is 11.8 Å². The number of hydrogen-bond donors (Lipinski definition) is 0. The van der Waals surface area contributed by atoms with E-state index >= 15 is 0 Å². The van der Waals surface area contributed by atoms with E-state index in [0.29, 0.717) is 0 Å². The van der Waals surface area contributed by atoms with Crippen LogP contribution in [-0.4, -0.2) is 28.5 Å². The van der Waals surface area contributed by atoms with Crippen LogP contribution in [0.5, 0.6) is 0 Å². The Balaban J connectivity index is 3.34. The van der Waals surface area contributed by atoms with Crippen molar-refractivity contribution in [3.05, 3.63) is 0 Å². The average molecular weight is 247 g/mol. The Morgan fingerprint density at radius 1 is 1.13 bits per heavy atom. The summed E-state index contributed by atoms with van der Waals surface area (Å²) in [6.07, 6.45) is 4.71. The number of nitrogens with zero attached hydrogens (tertiary/aromatic N) is 1. The third kappa shape index (κ3) is 7.85. The molecule has 0 spiro atoms. The monoisotopic (exact) mass is 247 g/mol. The van der Waals surface area contributed by atoms with Crippen molar-refractivity contribution in [2.75, 3.05) is 20.0 Å². The van der Waals surface area contributed by atoms with Gasteiger partial charge in [-0.1, -0.05) is 19.3 Å². The van der Waals surface area contributed by atoms with E-state index in [0.717, 1.165) is 18.2 Å². The lowest BCUT2D eigenvalue weighted by Gasteiger charge is -2.22. The van der Waals surface area contributed by atoms with E-state index in [1.54, 1.807) is 14.2 Å². The Hall–Kier alpha value is -0.0231. The molecule has 0 amide bonds. The maximum Gasteiger partial charge on any atom is 0.334 e. The molecule has 0 saturated heterocycles. The molecule has 0 fully saturated rings. The van der Waals surface area contributed by atoms with Crippen molar-refractivity contribution >= 4 is 20.3 Å². The molecule has 0 aliphatic carbocycles. The Labute approximate surface area is 98.4 Å². The molecule has 0 heterocycles. The number of thioether (sulfide) groups is 1. The SMILES string of the molecule is CO[Si](C)(CCCCCCSC#N)OC. The molecule has 0 bridgehead atoms. The fourth-order valence-electron chi connectivity index (χ4n) is 1.31. The third-order valence-electron chi connectivity index (χ3n) is 2.56. The molecule has 0 N–H and O–H groups in total. The van der Waals surface area contributed by atoms with Gasteiger partial charge in [0.05, 0.1) is 0 Å². The molecule has 0 aromatic heterocycles. The van der Waals surface area contributed by atoms with Crippen molar-refractivity contribution in [2.24, 2.45) is 0 Å². The number of hydrogen-bond acceptors (Lipinski definition) is 4. The first-order chi connectivity index (χ1) is 7.18. The van der Waals surface area contributed by atoms with Gasteiger partial charge in [-0.15, -0.1) is 0 Å². The second-order valence-electron chi connectivity index (χ2n) is 3.65. The van der Waals surface area contributed by atoms with Crippen LogP contribution in [0.3, 0.4) is 0 Å². The minimum absolute atomic E-state index is 0.958. The molecule has 0 aromatic rings. The summed E-state index contributed by atoms with van der Waals surface area (Å²) < 4.78 is 10.8. The van der Waals surface area contributed by atoms with Crippen LogP contribution < -0.4 is 0 Å². The van der Waals surface area contributed by atoms with Gasteiger partial charge < -0.3 is 8.85 Å². The molecule has 0 aliphatic rings. The summed E-state index contributed by atoms with van der Waals surface area (Å²) in [5, 5.41) is 10.4. The minimum atomic E-state index is -1.83. The predicted molar refractivity (Wildman–Crippen MR) is 67.0 cm³/mol. The highest BCUT2D eigenvalue weighted by atomic mass is 32.2. The normalized spacial score (nSPS) is 11.3. The van der Waals surface area contributed by atoms with Gasteiger partial charge in [-0.3, -0.25) is 0 Å². The van der Waals surface area contributed by atoms with Crippen LogP contribution in [0.1, 0.15) is 25.7 Å². The van der Waals surface area contributed by atoms with Crippen molar-refractivity contribution in [1.82, 2.24) is 0 Å². The zero-order valence-electron chi connectivity index (χ0n) is 9.91. The van der Waals surface area contributed by atoms with E-state index in [4.69, 9.17) is 14.1 Å². The molecule has 0 radical (unpaired) electrons. The first-order valence-electron chi connectivity index (χ1n) is 5.29. The van der Waals surface area contributed by atoms with Crippen LogP contribution in [-0.2, 0) is 8.85 Å². The number of thiocyanates is 1. The number of nitriles is 1. The molecule has 15 heavy (non-hydrogen) atoms. The Morgan fingerprint density at radius 3 is 2.27 bits per heavy atom. The average Bonchev–Trinajstić information content (AvgIpc) is 2.27. The smallest absolute Gasteiger partial charge is 0.334 e. The second-order valence-corrected chi connectivity index (χ2v) is 8.11. The van der Waals surface area contributed by atoms with Gasteiger partial charge in [0, 0.05) is 20.0 Å². The van der Waals surface area contributed by atoms with Crippen molar-refractivity contribution < 1.29 is 8.85 Å². The molecular weight excluding hydrogens is 226 g/mol.